The monoisotopic (exact) mass is 612 g/mol. The molecule has 2 N–H and O–H groups in total. The number of hydrogen-bond acceptors (Lipinski definition) is 11. The number of aldehydes is 1. The molecule has 1 aromatic heterocycles. The van der Waals surface area contributed by atoms with Gasteiger partial charge in [0.25, 0.3) is 0 Å². The molecule has 7 rings (SSSR count). The molecule has 3 heterocycles. The van der Waals surface area contributed by atoms with E-state index in [2.05, 4.69) is 0 Å². The van der Waals surface area contributed by atoms with Crippen LogP contribution in [0.15, 0.2) is 39.3 Å². The van der Waals surface area contributed by atoms with E-state index < -0.39 is 70.9 Å². The fourth-order valence-corrected chi connectivity index (χ4v) is 10.2. The molecule has 0 radical (unpaired) electrons. The van der Waals surface area contributed by atoms with Gasteiger partial charge in [0.15, 0.2) is 18.2 Å². The molecule has 5 fully saturated rings. The van der Waals surface area contributed by atoms with Crippen LogP contribution in [0.5, 0.6) is 0 Å². The zero-order valence-corrected chi connectivity index (χ0v) is 25.2. The van der Waals surface area contributed by atoms with E-state index in [1.165, 1.54) is 19.3 Å². The Bertz CT molecular complexity index is 1430. The smallest absolute Gasteiger partial charge is 0.335 e. The normalized spacial score (nSPS) is 47.7. The minimum absolute atomic E-state index is 0.0217. The first-order valence-electron chi connectivity index (χ1n) is 15.7. The van der Waals surface area contributed by atoms with Crippen molar-refractivity contribution >= 4 is 18.0 Å². The van der Waals surface area contributed by atoms with Crippen molar-refractivity contribution in [3.63, 3.8) is 0 Å². The third-order valence-electron chi connectivity index (χ3n) is 11.9. The number of Topliss-reactive ketones (excluding diaryl/α,β-unsaturated/α-hetero) is 1. The summed E-state index contributed by atoms with van der Waals surface area (Å²) in [4.78, 5) is 50.9. The van der Waals surface area contributed by atoms with Gasteiger partial charge in [0.1, 0.15) is 24.3 Å². The summed E-state index contributed by atoms with van der Waals surface area (Å²) < 4.78 is 29.4. The van der Waals surface area contributed by atoms with Crippen LogP contribution in [0.1, 0.15) is 77.2 Å². The topological polar surface area (TPSA) is 159 Å². The van der Waals surface area contributed by atoms with Gasteiger partial charge in [-0.05, 0) is 62.0 Å². The van der Waals surface area contributed by atoms with Crippen molar-refractivity contribution in [3.8, 4) is 0 Å². The van der Waals surface area contributed by atoms with Gasteiger partial charge in [0.05, 0.1) is 18.5 Å². The number of hydrogen-bond donors (Lipinski definition) is 2. The summed E-state index contributed by atoms with van der Waals surface area (Å²) >= 11 is 0. The molecule has 13 atom stereocenters. The second-order valence-electron chi connectivity index (χ2n) is 14.1. The van der Waals surface area contributed by atoms with E-state index >= 15 is 0 Å². The Morgan fingerprint density at radius 1 is 1.18 bits per heavy atom. The van der Waals surface area contributed by atoms with Crippen LogP contribution in [-0.4, -0.2) is 70.8 Å². The average molecular weight is 613 g/mol. The van der Waals surface area contributed by atoms with Gasteiger partial charge in [-0.1, -0.05) is 18.6 Å². The molecule has 0 aromatic carbocycles. The van der Waals surface area contributed by atoms with Gasteiger partial charge >= 0.3 is 11.6 Å². The van der Waals surface area contributed by atoms with E-state index in [1.807, 2.05) is 13.0 Å². The highest BCUT2D eigenvalue weighted by Gasteiger charge is 2.68. The van der Waals surface area contributed by atoms with Gasteiger partial charge in [-0.25, -0.2) is 4.79 Å². The Morgan fingerprint density at radius 3 is 2.68 bits per heavy atom. The van der Waals surface area contributed by atoms with E-state index in [0.29, 0.717) is 24.8 Å². The molecule has 1 aromatic rings. The van der Waals surface area contributed by atoms with Gasteiger partial charge < -0.3 is 38.4 Å². The summed E-state index contributed by atoms with van der Waals surface area (Å²) in [6.07, 6.45) is 2.29. The Labute approximate surface area is 254 Å². The molecule has 238 valence electrons. The first kappa shape index (κ1) is 30.0. The number of esters is 1. The third kappa shape index (κ3) is 4.34. The molecule has 11 nitrogen and oxygen atoms in total. The lowest BCUT2D eigenvalue weighted by Gasteiger charge is -2.59. The van der Waals surface area contributed by atoms with Crippen molar-refractivity contribution in [2.24, 2.45) is 28.6 Å². The number of allylic oxidation sites excluding steroid dienone is 1. The fraction of sp³-hybridized carbons (Fsp3) is 0.697. The largest absolute Gasteiger partial charge is 0.462 e. The van der Waals surface area contributed by atoms with E-state index in [9.17, 15) is 29.4 Å². The predicted octanol–water partition coefficient (Wildman–Crippen LogP) is 2.55. The summed E-state index contributed by atoms with van der Waals surface area (Å²) in [5, 5.41) is 22.3. The molecule has 1 unspecified atom stereocenters. The summed E-state index contributed by atoms with van der Waals surface area (Å²) in [6.45, 7) is 5.09. The number of carbonyl (C=O) groups is 3. The first-order valence-corrected chi connectivity index (χ1v) is 15.7. The van der Waals surface area contributed by atoms with E-state index in [4.69, 9.17) is 23.4 Å². The summed E-state index contributed by atoms with van der Waals surface area (Å²) in [6, 6.07) is 2.97. The minimum Gasteiger partial charge on any atom is -0.462 e. The van der Waals surface area contributed by atoms with Crippen LogP contribution in [0.25, 0.3) is 0 Å². The van der Waals surface area contributed by atoms with Crippen molar-refractivity contribution in [1.29, 1.82) is 0 Å². The van der Waals surface area contributed by atoms with Crippen LogP contribution >= 0.6 is 0 Å². The molecule has 6 aliphatic rings. The van der Waals surface area contributed by atoms with Gasteiger partial charge in [0, 0.05) is 49.0 Å². The standard InChI is InChI=1S/C33H40O11/c1-16-13-33(39)29(38)30(41-16)43-23-10-19-5-6-20-21-11-24(42-17(2)35)28(18-4-7-27(37)40-15-18)31(21,3)26(36)12-22(20)32(19,8-9-34)14-25(23)44-33/h4,7,9-10,15-16,20-25,28-30,38-39H,5-6,8,11-14H2,1-3H3/t16-,20-,21+,22-,23+,24-,25+,28-,29+,30?,31+,32-,33-/m0/s1. The van der Waals surface area contributed by atoms with E-state index in [0.717, 1.165) is 18.3 Å². The SMILES string of the molecule is CC(=O)O[C@H]1C[C@@H]2[C@@H]3CCC4=C[C@H]5OC6O[C@@H](C)C[C@](O)(O[C@@H]5C[C@]4(CC=O)[C@H]3CC(=O)[C@]2(C)[C@H]1c1ccc(=O)oc1)[C@@H]6O. The van der Waals surface area contributed by atoms with Gasteiger partial charge in [-0.15, -0.1) is 0 Å². The zero-order valence-electron chi connectivity index (χ0n) is 25.2. The molecule has 11 heteroatoms. The third-order valence-corrected chi connectivity index (χ3v) is 11.9. The van der Waals surface area contributed by atoms with Crippen molar-refractivity contribution in [1.82, 2.24) is 0 Å². The number of aliphatic hydroxyl groups is 2. The van der Waals surface area contributed by atoms with Gasteiger partial charge in [-0.2, -0.15) is 0 Å². The van der Waals surface area contributed by atoms with Crippen LogP contribution in [0.3, 0.4) is 0 Å². The molecule has 3 saturated carbocycles. The van der Waals surface area contributed by atoms with Crippen LogP contribution in [0, 0.1) is 28.6 Å². The summed E-state index contributed by atoms with van der Waals surface area (Å²) in [5.74, 6) is -3.08. The maximum absolute atomic E-state index is 14.5. The molecule has 4 aliphatic carbocycles. The first-order chi connectivity index (χ1) is 20.9. The zero-order chi connectivity index (χ0) is 31.2. The second kappa shape index (κ2) is 10.4. The predicted molar refractivity (Wildman–Crippen MR) is 151 cm³/mol. The lowest BCUT2D eigenvalue weighted by atomic mass is 9.45. The molecule has 2 bridgehead atoms. The lowest BCUT2D eigenvalue weighted by molar-refractivity contribution is -0.343. The molecular formula is C33H40O11. The number of ether oxygens (including phenoxy) is 4. The van der Waals surface area contributed by atoms with Crippen molar-refractivity contribution < 1.29 is 48.0 Å². The van der Waals surface area contributed by atoms with Gasteiger partial charge in [-0.3, -0.25) is 9.59 Å². The Hall–Kier alpha value is -2.70. The molecule has 2 saturated heterocycles. The minimum atomic E-state index is -1.87. The quantitative estimate of drug-likeness (QED) is 0.292. The molecule has 0 spiro atoms. The van der Waals surface area contributed by atoms with Crippen LogP contribution < -0.4 is 5.63 Å². The van der Waals surface area contributed by atoms with Crippen molar-refractivity contribution in [3.05, 3.63) is 46.0 Å². The van der Waals surface area contributed by atoms with Crippen LogP contribution in [0.2, 0.25) is 0 Å². The van der Waals surface area contributed by atoms with E-state index in [1.54, 1.807) is 13.0 Å². The molecular weight excluding hydrogens is 572 g/mol. The highest BCUT2D eigenvalue weighted by atomic mass is 16.7. The highest BCUT2D eigenvalue weighted by molar-refractivity contribution is 5.88. The van der Waals surface area contributed by atoms with Crippen molar-refractivity contribution in [2.45, 2.75) is 114 Å². The maximum Gasteiger partial charge on any atom is 0.335 e. The Balaban J connectivity index is 1.27. The van der Waals surface area contributed by atoms with Gasteiger partial charge in [0.2, 0.25) is 0 Å². The Kier molecular flexibility index (Phi) is 7.10. The molecule has 0 amide bonds. The van der Waals surface area contributed by atoms with Crippen molar-refractivity contribution in [2.75, 3.05) is 0 Å². The number of ketones is 1. The van der Waals surface area contributed by atoms with Crippen LogP contribution in [0.4, 0.5) is 0 Å². The average Bonchev–Trinajstić information content (AvgIpc) is 3.23. The molecule has 2 aliphatic heterocycles. The molecule has 44 heavy (non-hydrogen) atoms. The number of carbonyl (C=O) groups excluding carboxylic acids is 3. The van der Waals surface area contributed by atoms with E-state index in [-0.39, 0.29) is 42.8 Å². The van der Waals surface area contributed by atoms with Crippen LogP contribution in [-0.2, 0) is 33.3 Å². The second-order valence-corrected chi connectivity index (χ2v) is 14.1. The Morgan fingerprint density at radius 2 is 1.98 bits per heavy atom. The maximum atomic E-state index is 14.5. The number of rotatable bonds is 4. The summed E-state index contributed by atoms with van der Waals surface area (Å²) in [7, 11) is 0. The fourth-order valence-electron chi connectivity index (χ4n) is 10.2. The number of aliphatic hydroxyl groups excluding tert-OH is 1. The highest BCUT2D eigenvalue weighted by Crippen LogP contribution is 2.68. The summed E-state index contributed by atoms with van der Waals surface area (Å²) in [5.41, 5.74) is -0.405. The lowest BCUT2D eigenvalue weighted by Crippen LogP contribution is -2.59. The number of fused-ring (bicyclic) bond motifs is 8.